The van der Waals surface area contributed by atoms with Gasteiger partial charge in [-0.25, -0.2) is 4.90 Å². The lowest BCUT2D eigenvalue weighted by Crippen LogP contribution is -2.68. The lowest BCUT2D eigenvalue weighted by molar-refractivity contribution is -0.107. The zero-order valence-corrected chi connectivity index (χ0v) is 15.0. The third-order valence-electron chi connectivity index (χ3n) is 5.47. The number of aliphatic hydroxyl groups excluding tert-OH is 2. The smallest absolute Gasteiger partial charge is 0.142 e. The molecule has 9 N–H and O–H groups in total. The van der Waals surface area contributed by atoms with Crippen molar-refractivity contribution in [2.75, 3.05) is 33.0 Å². The Kier molecular flexibility index (Phi) is 6.27. The summed E-state index contributed by atoms with van der Waals surface area (Å²) in [7, 11) is 0. The molecule has 0 aromatic carbocycles. The van der Waals surface area contributed by atoms with Crippen molar-refractivity contribution in [3.05, 3.63) is 0 Å². The van der Waals surface area contributed by atoms with Gasteiger partial charge in [0.1, 0.15) is 24.5 Å². The maximum atomic E-state index is 10.6. The Bertz CT molecular complexity index is 443. The number of nitrogens with one attached hydrogen (secondary N) is 3. The normalized spacial score (nSPS) is 42.5. The van der Waals surface area contributed by atoms with Gasteiger partial charge in [-0.2, -0.15) is 0 Å². The number of ether oxygens (including phenoxy) is 1. The Morgan fingerprint density at radius 3 is 2.68 bits per heavy atom. The van der Waals surface area contributed by atoms with Crippen molar-refractivity contribution in [1.29, 1.82) is 0 Å². The van der Waals surface area contributed by atoms with Crippen molar-refractivity contribution in [2.45, 2.75) is 62.8 Å². The van der Waals surface area contributed by atoms with E-state index in [0.717, 1.165) is 6.54 Å². The van der Waals surface area contributed by atoms with Crippen molar-refractivity contribution in [1.82, 2.24) is 25.8 Å². The second-order valence-electron chi connectivity index (χ2n) is 7.38. The fourth-order valence-electron chi connectivity index (χ4n) is 3.96. The standard InChI is InChI=1S/C15H33N7O3/c1-8(2)21(4-3-16)5-9-11(23)12(24)15(25-9)22-7-20-10-13(17)18-6-19-14(10)22/h8-15,18-20,23-24H,3-7,16-17H2,1-2H3/t9-,10?,11-,12-,13?,14?,15-/m1/s1. The molecule has 0 spiro atoms. The van der Waals surface area contributed by atoms with E-state index < -0.39 is 24.5 Å². The van der Waals surface area contributed by atoms with Gasteiger partial charge in [0.15, 0.2) is 0 Å². The first-order chi connectivity index (χ1) is 11.9. The van der Waals surface area contributed by atoms with Crippen LogP contribution in [0, 0.1) is 0 Å². The van der Waals surface area contributed by atoms with E-state index in [2.05, 4.69) is 34.7 Å². The molecule has 3 saturated heterocycles. The first-order valence-electron chi connectivity index (χ1n) is 9.11. The van der Waals surface area contributed by atoms with E-state index in [-0.39, 0.29) is 24.4 Å². The molecule has 25 heavy (non-hydrogen) atoms. The molecule has 0 saturated carbocycles. The van der Waals surface area contributed by atoms with Crippen LogP contribution in [0.5, 0.6) is 0 Å². The molecule has 3 aliphatic rings. The van der Waals surface area contributed by atoms with Crippen molar-refractivity contribution >= 4 is 0 Å². The molecule has 3 fully saturated rings. The van der Waals surface area contributed by atoms with Gasteiger partial charge in [-0.1, -0.05) is 0 Å². The highest BCUT2D eigenvalue weighted by atomic mass is 16.6. The van der Waals surface area contributed by atoms with Gasteiger partial charge in [-0.3, -0.25) is 20.9 Å². The highest BCUT2D eigenvalue weighted by Gasteiger charge is 2.51. The largest absolute Gasteiger partial charge is 0.387 e. The molecule has 3 heterocycles. The molecule has 0 aliphatic carbocycles. The van der Waals surface area contributed by atoms with Crippen LogP contribution in [0.4, 0.5) is 0 Å². The van der Waals surface area contributed by atoms with E-state index in [9.17, 15) is 10.2 Å². The van der Waals surface area contributed by atoms with Crippen LogP contribution < -0.4 is 27.4 Å². The summed E-state index contributed by atoms with van der Waals surface area (Å²) in [6, 6.07) is 0.308. The Morgan fingerprint density at radius 1 is 1.24 bits per heavy atom. The predicted octanol–water partition coefficient (Wildman–Crippen LogP) is -3.91. The van der Waals surface area contributed by atoms with Crippen LogP contribution in [0.2, 0.25) is 0 Å². The number of aliphatic hydroxyl groups is 2. The summed E-state index contributed by atoms with van der Waals surface area (Å²) in [6.07, 6.45) is -3.15. The summed E-state index contributed by atoms with van der Waals surface area (Å²) in [4.78, 5) is 4.16. The molecule has 3 aliphatic heterocycles. The molecule has 0 aromatic rings. The number of fused-ring (bicyclic) bond motifs is 1. The van der Waals surface area contributed by atoms with Crippen molar-refractivity contribution < 1.29 is 14.9 Å². The van der Waals surface area contributed by atoms with Crippen LogP contribution >= 0.6 is 0 Å². The molecule has 146 valence electrons. The van der Waals surface area contributed by atoms with Gasteiger partial charge >= 0.3 is 0 Å². The van der Waals surface area contributed by atoms with Crippen LogP contribution in [0.1, 0.15) is 13.8 Å². The third-order valence-corrected chi connectivity index (χ3v) is 5.47. The Labute approximate surface area is 148 Å². The molecular weight excluding hydrogens is 326 g/mol. The van der Waals surface area contributed by atoms with Crippen molar-refractivity contribution in [2.24, 2.45) is 11.5 Å². The van der Waals surface area contributed by atoms with E-state index >= 15 is 0 Å². The van der Waals surface area contributed by atoms with Crippen LogP contribution in [-0.4, -0.2) is 102 Å². The molecule has 3 unspecified atom stereocenters. The average molecular weight is 359 g/mol. The summed E-state index contributed by atoms with van der Waals surface area (Å²) < 4.78 is 6.08. The van der Waals surface area contributed by atoms with E-state index in [1.165, 1.54) is 0 Å². The van der Waals surface area contributed by atoms with Gasteiger partial charge in [0.2, 0.25) is 0 Å². The minimum atomic E-state index is -0.967. The molecule has 0 radical (unpaired) electrons. The fourth-order valence-corrected chi connectivity index (χ4v) is 3.96. The van der Waals surface area contributed by atoms with E-state index in [0.29, 0.717) is 26.4 Å². The first-order valence-corrected chi connectivity index (χ1v) is 9.11. The number of hydrogen-bond donors (Lipinski definition) is 7. The maximum Gasteiger partial charge on any atom is 0.142 e. The van der Waals surface area contributed by atoms with Crippen molar-refractivity contribution in [3.8, 4) is 0 Å². The Hall–Kier alpha value is -0.400. The number of hydrogen-bond acceptors (Lipinski definition) is 10. The average Bonchev–Trinajstić information content (AvgIpc) is 3.11. The van der Waals surface area contributed by atoms with Gasteiger partial charge in [0.05, 0.1) is 25.0 Å². The van der Waals surface area contributed by atoms with Crippen LogP contribution in [-0.2, 0) is 4.74 Å². The lowest BCUT2D eigenvalue weighted by Gasteiger charge is -2.38. The topological polar surface area (TPSA) is 144 Å². The summed E-state index contributed by atoms with van der Waals surface area (Å²) in [6.45, 7) is 7.10. The van der Waals surface area contributed by atoms with E-state index in [1.807, 2.05) is 4.90 Å². The molecule has 0 amide bonds. The quantitative estimate of drug-likeness (QED) is 0.251. The maximum absolute atomic E-state index is 10.6. The summed E-state index contributed by atoms with van der Waals surface area (Å²) in [5.41, 5.74) is 11.8. The van der Waals surface area contributed by atoms with Gasteiger partial charge in [0, 0.05) is 32.3 Å². The van der Waals surface area contributed by atoms with Gasteiger partial charge in [0.25, 0.3) is 0 Å². The molecule has 10 nitrogen and oxygen atoms in total. The minimum absolute atomic E-state index is 0.0187. The molecule has 3 rings (SSSR count). The highest BCUT2D eigenvalue weighted by Crippen LogP contribution is 2.29. The molecule has 7 atom stereocenters. The highest BCUT2D eigenvalue weighted by molar-refractivity contribution is 5.02. The van der Waals surface area contributed by atoms with Gasteiger partial charge < -0.3 is 26.4 Å². The summed E-state index contributed by atoms with van der Waals surface area (Å²) in [5, 5.41) is 30.9. The van der Waals surface area contributed by atoms with E-state index in [1.54, 1.807) is 0 Å². The monoisotopic (exact) mass is 359 g/mol. The predicted molar refractivity (Wildman–Crippen MR) is 93.0 cm³/mol. The summed E-state index contributed by atoms with van der Waals surface area (Å²) in [5.74, 6) is 0. The minimum Gasteiger partial charge on any atom is -0.387 e. The Balaban J connectivity index is 1.66. The van der Waals surface area contributed by atoms with Crippen molar-refractivity contribution in [3.63, 3.8) is 0 Å². The zero-order chi connectivity index (χ0) is 18.1. The molecule has 0 aromatic heterocycles. The number of rotatable bonds is 6. The van der Waals surface area contributed by atoms with E-state index in [4.69, 9.17) is 16.2 Å². The molecular formula is C15H33N7O3. The fraction of sp³-hybridized carbons (Fsp3) is 1.00. The number of nitrogens with zero attached hydrogens (tertiary/aromatic N) is 2. The van der Waals surface area contributed by atoms with Crippen LogP contribution in [0.3, 0.4) is 0 Å². The first kappa shape index (κ1) is 19.4. The zero-order valence-electron chi connectivity index (χ0n) is 15.0. The lowest BCUT2D eigenvalue weighted by atomic mass is 10.1. The Morgan fingerprint density at radius 2 is 2.00 bits per heavy atom. The van der Waals surface area contributed by atoms with Gasteiger partial charge in [-0.15, -0.1) is 0 Å². The molecule has 0 bridgehead atoms. The SMILES string of the molecule is CC(C)N(CCN)C[C@H]1O[C@@H](N2CNC3C(N)NCNC32)[C@H](O)[C@@H]1O. The van der Waals surface area contributed by atoms with Crippen LogP contribution in [0.15, 0.2) is 0 Å². The summed E-state index contributed by atoms with van der Waals surface area (Å²) >= 11 is 0. The molecule has 10 heteroatoms. The van der Waals surface area contributed by atoms with Crippen LogP contribution in [0.25, 0.3) is 0 Å². The number of nitrogens with two attached hydrogens (primary N) is 2. The third kappa shape index (κ3) is 3.83. The van der Waals surface area contributed by atoms with Gasteiger partial charge in [-0.05, 0) is 13.8 Å². The second kappa shape index (κ2) is 8.09. The second-order valence-corrected chi connectivity index (χ2v) is 7.38.